The number of hydrogen-bond donors (Lipinski definition) is 1. The van der Waals surface area contributed by atoms with Crippen LogP contribution in [0.25, 0.3) is 10.2 Å². The second-order valence-corrected chi connectivity index (χ2v) is 7.16. The van der Waals surface area contributed by atoms with Gasteiger partial charge in [-0.15, -0.1) is 0 Å². The highest BCUT2D eigenvalue weighted by atomic mass is 32.1. The fourth-order valence-corrected chi connectivity index (χ4v) is 3.94. The van der Waals surface area contributed by atoms with Crippen molar-refractivity contribution in [2.75, 3.05) is 31.3 Å². The van der Waals surface area contributed by atoms with E-state index in [1.165, 1.54) is 17.4 Å². The maximum Gasteiger partial charge on any atom is 0.416 e. The molecular weight excluding hydrogens is 393 g/mol. The topological polar surface area (TPSA) is 59.5 Å². The first-order valence-corrected chi connectivity index (χ1v) is 9.42. The molecule has 1 N–H and O–H groups in total. The second kappa shape index (κ2) is 7.90. The number of halogens is 3. The van der Waals surface area contributed by atoms with Crippen LogP contribution in [0.15, 0.2) is 42.7 Å². The molecule has 3 heterocycles. The molecular formula is C18H17F3N4O2S. The summed E-state index contributed by atoms with van der Waals surface area (Å²) in [5.41, 5.74) is -0.134. The molecule has 1 saturated heterocycles. The average molecular weight is 410 g/mol. The minimum absolute atomic E-state index is 0.0255. The lowest BCUT2D eigenvalue weighted by Crippen LogP contribution is -2.53. The van der Waals surface area contributed by atoms with Crippen LogP contribution in [-0.2, 0) is 10.9 Å². The Morgan fingerprint density at radius 1 is 1.29 bits per heavy atom. The molecule has 148 valence electrons. The van der Waals surface area contributed by atoms with Gasteiger partial charge in [-0.05, 0) is 30.3 Å². The van der Waals surface area contributed by atoms with Gasteiger partial charge in [0.1, 0.15) is 12.0 Å². The van der Waals surface area contributed by atoms with Gasteiger partial charge in [0.25, 0.3) is 0 Å². The van der Waals surface area contributed by atoms with Crippen LogP contribution in [0, 0.1) is 0 Å². The Morgan fingerprint density at radius 2 is 2.18 bits per heavy atom. The number of alkyl halides is 3. The molecule has 0 radical (unpaired) electrons. The van der Waals surface area contributed by atoms with E-state index in [0.29, 0.717) is 34.2 Å². The van der Waals surface area contributed by atoms with E-state index < -0.39 is 11.7 Å². The minimum Gasteiger partial charge on any atom is -0.466 e. The number of nitrogens with zero attached hydrogens (tertiary/aromatic N) is 3. The van der Waals surface area contributed by atoms with E-state index in [9.17, 15) is 13.2 Å². The van der Waals surface area contributed by atoms with Gasteiger partial charge < -0.3 is 19.7 Å². The van der Waals surface area contributed by atoms with Crippen molar-refractivity contribution in [3.05, 3.63) is 48.3 Å². The monoisotopic (exact) mass is 410 g/mol. The van der Waals surface area contributed by atoms with Crippen LogP contribution in [0.3, 0.4) is 0 Å². The van der Waals surface area contributed by atoms with Crippen LogP contribution in [0.5, 0.6) is 5.75 Å². The Morgan fingerprint density at radius 3 is 2.96 bits per heavy atom. The molecule has 0 saturated carbocycles. The van der Waals surface area contributed by atoms with E-state index in [2.05, 4.69) is 15.3 Å². The third-order valence-electron chi connectivity index (χ3n) is 4.27. The summed E-state index contributed by atoms with van der Waals surface area (Å²) in [6.45, 7) is 1.94. The molecule has 28 heavy (non-hydrogen) atoms. The molecule has 1 fully saturated rings. The standard InChI is InChI=1S/C18H17F3N4O2S/c19-18(20,21)12-3-4-14-15(8-12)28-17(24-14)25-7-6-23-10-16(25)27-11-26-13-2-1-5-22-9-13/h1-5,8-9,16,23H,6-7,10-11H2. The zero-order chi connectivity index (χ0) is 19.6. The quantitative estimate of drug-likeness (QED) is 0.650. The number of pyridine rings is 1. The first kappa shape index (κ1) is 18.9. The van der Waals surface area contributed by atoms with Gasteiger partial charge in [-0.1, -0.05) is 11.3 Å². The lowest BCUT2D eigenvalue weighted by atomic mass is 10.2. The van der Waals surface area contributed by atoms with Crippen LogP contribution in [-0.4, -0.2) is 42.6 Å². The molecule has 1 atom stereocenters. The molecule has 0 aliphatic carbocycles. The fourth-order valence-electron chi connectivity index (χ4n) is 2.87. The van der Waals surface area contributed by atoms with Gasteiger partial charge in [-0.3, -0.25) is 4.98 Å². The number of nitrogens with one attached hydrogen (secondary N) is 1. The molecule has 4 rings (SSSR count). The summed E-state index contributed by atoms with van der Waals surface area (Å²) in [5, 5.41) is 3.87. The van der Waals surface area contributed by atoms with Crippen LogP contribution >= 0.6 is 11.3 Å². The number of thiazole rings is 1. The molecule has 1 aliphatic rings. The lowest BCUT2D eigenvalue weighted by molar-refractivity contribution is -0.137. The van der Waals surface area contributed by atoms with Crippen LogP contribution in [0.4, 0.5) is 18.3 Å². The first-order valence-electron chi connectivity index (χ1n) is 8.60. The van der Waals surface area contributed by atoms with Gasteiger partial charge >= 0.3 is 6.18 Å². The van der Waals surface area contributed by atoms with Gasteiger partial charge in [-0.2, -0.15) is 13.2 Å². The number of benzene rings is 1. The van der Waals surface area contributed by atoms with Crippen molar-refractivity contribution in [2.24, 2.45) is 0 Å². The van der Waals surface area contributed by atoms with E-state index in [1.807, 2.05) is 4.90 Å². The predicted octanol–water partition coefficient (Wildman–Crippen LogP) is 3.50. The maximum absolute atomic E-state index is 12.9. The zero-order valence-electron chi connectivity index (χ0n) is 14.6. The average Bonchev–Trinajstić information content (AvgIpc) is 3.12. The maximum atomic E-state index is 12.9. The number of aromatic nitrogens is 2. The Bertz CT molecular complexity index is 935. The minimum atomic E-state index is -4.37. The molecule has 10 heteroatoms. The number of piperazine rings is 1. The summed E-state index contributed by atoms with van der Waals surface area (Å²) < 4.78 is 50.7. The lowest BCUT2D eigenvalue weighted by Gasteiger charge is -2.35. The number of ether oxygens (including phenoxy) is 2. The van der Waals surface area contributed by atoms with E-state index in [1.54, 1.807) is 24.5 Å². The number of fused-ring (bicyclic) bond motifs is 1. The summed E-state index contributed by atoms with van der Waals surface area (Å²) in [5.74, 6) is 0.595. The molecule has 1 unspecified atom stereocenters. The Labute approximate surface area is 162 Å². The molecule has 0 spiro atoms. The van der Waals surface area contributed by atoms with E-state index >= 15 is 0 Å². The molecule has 2 aromatic heterocycles. The number of anilines is 1. The Balaban J connectivity index is 1.49. The zero-order valence-corrected chi connectivity index (χ0v) is 15.5. The van der Waals surface area contributed by atoms with Crippen LogP contribution in [0.2, 0.25) is 0 Å². The largest absolute Gasteiger partial charge is 0.466 e. The smallest absolute Gasteiger partial charge is 0.416 e. The molecule has 3 aromatic rings. The van der Waals surface area contributed by atoms with Gasteiger partial charge in [0, 0.05) is 25.8 Å². The van der Waals surface area contributed by atoms with Crippen molar-refractivity contribution in [3.63, 3.8) is 0 Å². The summed E-state index contributed by atoms with van der Waals surface area (Å²) in [6, 6.07) is 7.14. The third-order valence-corrected chi connectivity index (χ3v) is 5.32. The van der Waals surface area contributed by atoms with Crippen LogP contribution < -0.4 is 15.0 Å². The Kier molecular flexibility index (Phi) is 5.33. The van der Waals surface area contributed by atoms with Crippen molar-refractivity contribution in [1.82, 2.24) is 15.3 Å². The van der Waals surface area contributed by atoms with Gasteiger partial charge in [-0.25, -0.2) is 4.98 Å². The summed E-state index contributed by atoms with van der Waals surface area (Å²) in [7, 11) is 0. The van der Waals surface area contributed by atoms with Gasteiger partial charge in [0.05, 0.1) is 22.0 Å². The van der Waals surface area contributed by atoms with E-state index in [0.717, 1.165) is 18.7 Å². The van der Waals surface area contributed by atoms with Crippen molar-refractivity contribution in [3.8, 4) is 5.75 Å². The third kappa shape index (κ3) is 4.18. The summed E-state index contributed by atoms with van der Waals surface area (Å²) >= 11 is 1.22. The van der Waals surface area contributed by atoms with Crippen molar-refractivity contribution in [1.29, 1.82) is 0 Å². The molecule has 1 aliphatic heterocycles. The predicted molar refractivity (Wildman–Crippen MR) is 99.4 cm³/mol. The highest BCUT2D eigenvalue weighted by molar-refractivity contribution is 7.22. The molecule has 0 amide bonds. The number of rotatable bonds is 5. The van der Waals surface area contributed by atoms with Gasteiger partial charge in [0.2, 0.25) is 0 Å². The van der Waals surface area contributed by atoms with Crippen molar-refractivity contribution in [2.45, 2.75) is 12.4 Å². The molecule has 1 aromatic carbocycles. The summed E-state index contributed by atoms with van der Waals surface area (Å²) in [6.07, 6.45) is -1.47. The highest BCUT2D eigenvalue weighted by Crippen LogP contribution is 2.36. The SMILES string of the molecule is FC(F)(F)c1ccc2nc(N3CCNCC3OCOc3cccnc3)sc2c1. The van der Waals surface area contributed by atoms with Crippen molar-refractivity contribution < 1.29 is 22.6 Å². The summed E-state index contributed by atoms with van der Waals surface area (Å²) in [4.78, 5) is 10.4. The van der Waals surface area contributed by atoms with Crippen molar-refractivity contribution >= 4 is 26.7 Å². The first-order chi connectivity index (χ1) is 13.5. The van der Waals surface area contributed by atoms with E-state index in [4.69, 9.17) is 9.47 Å². The molecule has 0 bridgehead atoms. The van der Waals surface area contributed by atoms with Gasteiger partial charge in [0.15, 0.2) is 11.9 Å². The molecule has 6 nitrogen and oxygen atoms in total. The van der Waals surface area contributed by atoms with Crippen LogP contribution in [0.1, 0.15) is 5.56 Å². The normalized spacial score (nSPS) is 17.8. The fraction of sp³-hybridized carbons (Fsp3) is 0.333. The highest BCUT2D eigenvalue weighted by Gasteiger charge is 2.31. The Hall–Kier alpha value is -2.43. The number of hydrogen-bond acceptors (Lipinski definition) is 7. The second-order valence-electron chi connectivity index (χ2n) is 6.15. The van der Waals surface area contributed by atoms with E-state index in [-0.39, 0.29) is 13.0 Å².